The zero-order valence-electron chi connectivity index (χ0n) is 16.7. The molecule has 0 spiro atoms. The molecule has 0 fully saturated rings. The smallest absolute Gasteiger partial charge is 0.282 e. The van der Waals surface area contributed by atoms with E-state index >= 15 is 0 Å². The molecule has 146 valence electrons. The van der Waals surface area contributed by atoms with Crippen molar-refractivity contribution in [1.29, 1.82) is 0 Å². The zero-order valence-corrected chi connectivity index (χ0v) is 17.5. The molecule has 3 aromatic rings. The Kier molecular flexibility index (Phi) is 4.62. The normalized spacial score (nSPS) is 16.8. The Morgan fingerprint density at radius 2 is 2.11 bits per heavy atom. The summed E-state index contributed by atoms with van der Waals surface area (Å²) in [4.78, 5) is 32.1. The minimum absolute atomic E-state index is 0.197. The third-order valence-electron chi connectivity index (χ3n) is 5.65. The quantitative estimate of drug-likeness (QED) is 0.696. The van der Waals surface area contributed by atoms with Crippen LogP contribution in [0.2, 0.25) is 0 Å². The molecule has 1 aliphatic rings. The molecule has 0 aliphatic heterocycles. The third-order valence-corrected chi connectivity index (χ3v) is 6.77. The largest absolute Gasteiger partial charge is 0.316 e. The second kappa shape index (κ2) is 6.85. The summed E-state index contributed by atoms with van der Waals surface area (Å²) in [6, 6.07) is 7.31. The van der Waals surface area contributed by atoms with Gasteiger partial charge in [-0.3, -0.25) is 14.0 Å². The summed E-state index contributed by atoms with van der Waals surface area (Å²) in [6.45, 7) is 8.76. The van der Waals surface area contributed by atoms with Gasteiger partial charge >= 0.3 is 0 Å². The van der Waals surface area contributed by atoms with E-state index in [1.54, 1.807) is 27.9 Å². The van der Waals surface area contributed by atoms with E-state index in [9.17, 15) is 9.59 Å². The highest BCUT2D eigenvalue weighted by Gasteiger charge is 2.31. The maximum absolute atomic E-state index is 13.1. The molecule has 1 atom stereocenters. The fourth-order valence-electron chi connectivity index (χ4n) is 3.90. The van der Waals surface area contributed by atoms with Crippen LogP contribution < -0.4 is 10.9 Å². The third kappa shape index (κ3) is 3.37. The number of nitrogens with one attached hydrogen (secondary N) is 1. The summed E-state index contributed by atoms with van der Waals surface area (Å²) in [7, 11) is 0. The number of thiazole rings is 1. The van der Waals surface area contributed by atoms with Crippen LogP contribution in [0.1, 0.15) is 53.7 Å². The zero-order chi connectivity index (χ0) is 20.1. The van der Waals surface area contributed by atoms with Crippen LogP contribution in [0.5, 0.6) is 0 Å². The van der Waals surface area contributed by atoms with Gasteiger partial charge in [-0.05, 0) is 49.7 Å². The lowest BCUT2D eigenvalue weighted by molar-refractivity contribution is 0.102. The molecule has 1 N–H and O–H groups in total. The fraction of sp³-hybridized carbons (Fsp3) is 0.409. The SMILES string of the molecule is Cc1cccc(C(=O)Nc2cnc3sc4c(n3c2=O)CC[C@@H](C(C)(C)C)C4)c1. The number of hydrogen-bond acceptors (Lipinski definition) is 4. The summed E-state index contributed by atoms with van der Waals surface area (Å²) in [5, 5.41) is 2.75. The van der Waals surface area contributed by atoms with E-state index in [4.69, 9.17) is 0 Å². The van der Waals surface area contributed by atoms with E-state index in [1.165, 1.54) is 11.1 Å². The number of aromatic nitrogens is 2. The number of rotatable bonds is 2. The minimum Gasteiger partial charge on any atom is -0.316 e. The molecule has 5 nitrogen and oxygen atoms in total. The van der Waals surface area contributed by atoms with E-state index in [0.29, 0.717) is 16.4 Å². The monoisotopic (exact) mass is 395 g/mol. The average Bonchev–Trinajstić information content (AvgIpc) is 3.01. The van der Waals surface area contributed by atoms with Gasteiger partial charge in [-0.15, -0.1) is 11.3 Å². The summed E-state index contributed by atoms with van der Waals surface area (Å²) in [6.07, 6.45) is 4.40. The number of benzene rings is 1. The Morgan fingerprint density at radius 3 is 2.82 bits per heavy atom. The van der Waals surface area contributed by atoms with Gasteiger partial charge in [0.25, 0.3) is 11.5 Å². The van der Waals surface area contributed by atoms with E-state index < -0.39 is 0 Å². The Balaban J connectivity index is 1.68. The van der Waals surface area contributed by atoms with Crippen molar-refractivity contribution in [3.63, 3.8) is 0 Å². The molecule has 2 heterocycles. The minimum atomic E-state index is -0.292. The van der Waals surface area contributed by atoms with E-state index in [1.807, 2.05) is 19.1 Å². The van der Waals surface area contributed by atoms with Gasteiger partial charge in [-0.2, -0.15) is 0 Å². The molecule has 1 amide bonds. The summed E-state index contributed by atoms with van der Waals surface area (Å²) >= 11 is 1.60. The second-order valence-electron chi connectivity index (χ2n) is 8.70. The molecule has 0 bridgehead atoms. The van der Waals surface area contributed by atoms with Crippen molar-refractivity contribution in [3.05, 3.63) is 62.5 Å². The van der Waals surface area contributed by atoms with Crippen LogP contribution in [0, 0.1) is 18.3 Å². The lowest BCUT2D eigenvalue weighted by Gasteiger charge is -2.33. The maximum Gasteiger partial charge on any atom is 0.282 e. The number of fused-ring (bicyclic) bond motifs is 3. The Hall–Kier alpha value is -2.47. The number of carbonyl (C=O) groups is 1. The fourth-order valence-corrected chi connectivity index (χ4v) is 5.10. The Labute approximate surface area is 168 Å². The lowest BCUT2D eigenvalue weighted by atomic mass is 9.73. The highest BCUT2D eigenvalue weighted by Crippen LogP contribution is 2.39. The predicted octanol–water partition coefficient (Wildman–Crippen LogP) is 4.47. The van der Waals surface area contributed by atoms with E-state index in [0.717, 1.165) is 30.5 Å². The van der Waals surface area contributed by atoms with E-state index in [2.05, 4.69) is 31.1 Å². The average molecular weight is 396 g/mol. The molecular weight excluding hydrogens is 370 g/mol. The molecule has 2 aromatic heterocycles. The molecule has 0 radical (unpaired) electrons. The molecular formula is C22H25N3O2S. The topological polar surface area (TPSA) is 63.5 Å². The first kappa shape index (κ1) is 18.9. The number of amides is 1. The number of anilines is 1. The lowest BCUT2D eigenvalue weighted by Crippen LogP contribution is -2.28. The van der Waals surface area contributed by atoms with Crippen molar-refractivity contribution in [2.24, 2.45) is 11.3 Å². The first-order valence-corrected chi connectivity index (χ1v) is 10.5. The molecule has 28 heavy (non-hydrogen) atoms. The van der Waals surface area contributed by atoms with Gasteiger partial charge in [0, 0.05) is 16.1 Å². The standard InChI is InChI=1S/C22H25N3O2S/c1-13-6-5-7-14(10-13)19(26)24-16-12-23-21-25(20(16)27)17-9-8-15(22(2,3)4)11-18(17)28-21/h5-7,10,12,15H,8-9,11H2,1-4H3,(H,24,26)/t15-/m1/s1. The van der Waals surface area contributed by atoms with Crippen LogP contribution in [0.4, 0.5) is 5.69 Å². The van der Waals surface area contributed by atoms with Crippen molar-refractivity contribution < 1.29 is 4.79 Å². The van der Waals surface area contributed by atoms with Crippen molar-refractivity contribution in [2.45, 2.75) is 47.0 Å². The first-order valence-electron chi connectivity index (χ1n) is 9.64. The van der Waals surface area contributed by atoms with Crippen molar-refractivity contribution >= 4 is 27.9 Å². The van der Waals surface area contributed by atoms with Gasteiger partial charge in [0.05, 0.1) is 6.20 Å². The van der Waals surface area contributed by atoms with Gasteiger partial charge < -0.3 is 5.32 Å². The van der Waals surface area contributed by atoms with Gasteiger partial charge in [0.1, 0.15) is 5.69 Å². The van der Waals surface area contributed by atoms with Crippen LogP contribution >= 0.6 is 11.3 Å². The number of carbonyl (C=O) groups excluding carboxylic acids is 1. The molecule has 0 saturated heterocycles. The van der Waals surface area contributed by atoms with Crippen molar-refractivity contribution in [2.75, 3.05) is 5.32 Å². The number of nitrogens with zero attached hydrogens (tertiary/aromatic N) is 2. The second-order valence-corrected chi connectivity index (χ2v) is 9.76. The highest BCUT2D eigenvalue weighted by atomic mass is 32.1. The van der Waals surface area contributed by atoms with Gasteiger partial charge in [0.15, 0.2) is 4.96 Å². The van der Waals surface area contributed by atoms with Crippen LogP contribution in [0.3, 0.4) is 0 Å². The van der Waals surface area contributed by atoms with Crippen LogP contribution in [-0.4, -0.2) is 15.3 Å². The highest BCUT2D eigenvalue weighted by molar-refractivity contribution is 7.17. The molecule has 0 saturated carbocycles. The molecule has 1 aliphatic carbocycles. The van der Waals surface area contributed by atoms with Gasteiger partial charge in [0.2, 0.25) is 0 Å². The summed E-state index contributed by atoms with van der Waals surface area (Å²) < 4.78 is 1.70. The molecule has 0 unspecified atom stereocenters. The van der Waals surface area contributed by atoms with E-state index in [-0.39, 0.29) is 22.6 Å². The van der Waals surface area contributed by atoms with Gasteiger partial charge in [-0.25, -0.2) is 4.98 Å². The van der Waals surface area contributed by atoms with Crippen LogP contribution in [-0.2, 0) is 12.8 Å². The summed E-state index contributed by atoms with van der Waals surface area (Å²) in [5.41, 5.74) is 2.87. The molecule has 6 heteroatoms. The van der Waals surface area contributed by atoms with Crippen molar-refractivity contribution in [1.82, 2.24) is 9.38 Å². The first-order chi connectivity index (χ1) is 13.2. The predicted molar refractivity (Wildman–Crippen MR) is 113 cm³/mol. The molecule has 4 rings (SSSR count). The number of aryl methyl sites for hydroxylation is 2. The molecule has 1 aromatic carbocycles. The Bertz CT molecular complexity index is 1120. The van der Waals surface area contributed by atoms with Gasteiger partial charge in [-0.1, -0.05) is 38.5 Å². The van der Waals surface area contributed by atoms with Crippen LogP contribution in [0.15, 0.2) is 35.3 Å². The van der Waals surface area contributed by atoms with Crippen LogP contribution in [0.25, 0.3) is 4.96 Å². The number of hydrogen-bond donors (Lipinski definition) is 1. The Morgan fingerprint density at radius 1 is 1.32 bits per heavy atom. The summed E-state index contributed by atoms with van der Waals surface area (Å²) in [5.74, 6) is 0.309. The maximum atomic E-state index is 13.1. The van der Waals surface area contributed by atoms with Crippen molar-refractivity contribution in [3.8, 4) is 0 Å².